The summed E-state index contributed by atoms with van der Waals surface area (Å²) in [6.45, 7) is 0.0597. The third-order valence-corrected chi connectivity index (χ3v) is 4.08. The van der Waals surface area contributed by atoms with Crippen LogP contribution < -0.4 is 10.9 Å². The molecule has 0 bridgehead atoms. The Labute approximate surface area is 148 Å². The maximum atomic E-state index is 11.4. The van der Waals surface area contributed by atoms with Crippen LogP contribution in [0.2, 0.25) is 0 Å². The van der Waals surface area contributed by atoms with Crippen LogP contribution in [0.1, 0.15) is 13.3 Å². The highest BCUT2D eigenvalue weighted by Crippen LogP contribution is 2.40. The topological polar surface area (TPSA) is 207 Å². The average Bonchev–Trinajstić information content (AvgIpc) is 2.58. The Morgan fingerprint density at radius 1 is 1.38 bits per heavy atom. The van der Waals surface area contributed by atoms with Gasteiger partial charge in [0, 0.05) is 21.1 Å². The van der Waals surface area contributed by atoms with Crippen molar-refractivity contribution in [2.75, 3.05) is 20.8 Å². The molecule has 0 radical (unpaired) electrons. The largest absolute Gasteiger partial charge is 0.477 e. The smallest absolute Gasteiger partial charge is 0.364 e. The summed E-state index contributed by atoms with van der Waals surface area (Å²) in [5.74, 6) is -10.9. The number of carbonyl (C=O) groups is 2. The van der Waals surface area contributed by atoms with Crippen molar-refractivity contribution < 1.29 is 54.4 Å². The summed E-state index contributed by atoms with van der Waals surface area (Å²) in [6.07, 6.45) is -5.12. The van der Waals surface area contributed by atoms with Crippen LogP contribution in [0.4, 0.5) is 0 Å². The lowest BCUT2D eigenvalue weighted by Crippen LogP contribution is -2.77. The molecule has 1 fully saturated rings. The van der Waals surface area contributed by atoms with Crippen LogP contribution in [-0.4, -0.2) is 99.0 Å². The molecule has 13 heteroatoms. The summed E-state index contributed by atoms with van der Waals surface area (Å²) >= 11 is 0. The zero-order valence-corrected chi connectivity index (χ0v) is 14.4. The van der Waals surface area contributed by atoms with Crippen molar-refractivity contribution in [3.05, 3.63) is 0 Å². The fourth-order valence-corrected chi connectivity index (χ4v) is 2.60. The molecule has 0 saturated carbocycles. The second-order valence-corrected chi connectivity index (χ2v) is 5.81. The molecule has 0 spiro atoms. The van der Waals surface area contributed by atoms with E-state index in [0.717, 1.165) is 21.1 Å². The van der Waals surface area contributed by atoms with Crippen LogP contribution in [0.25, 0.3) is 0 Å². The molecule has 1 aliphatic rings. The highest BCUT2D eigenvalue weighted by Gasteiger charge is 2.65. The van der Waals surface area contributed by atoms with E-state index in [-0.39, 0.29) is 0 Å². The van der Waals surface area contributed by atoms with Gasteiger partial charge in [0.25, 0.3) is 5.79 Å². The summed E-state index contributed by atoms with van der Waals surface area (Å²) in [4.78, 5) is 22.6. The summed E-state index contributed by atoms with van der Waals surface area (Å²) < 4.78 is 14.7. The van der Waals surface area contributed by atoms with Crippen LogP contribution in [0, 0.1) is 0 Å². The Morgan fingerprint density at radius 2 is 1.96 bits per heavy atom. The molecule has 1 heterocycles. The molecule has 152 valence electrons. The van der Waals surface area contributed by atoms with Crippen LogP contribution in [0.5, 0.6) is 0 Å². The molecule has 1 aliphatic heterocycles. The standard InChI is InChI=1S/C13H24N2O11/c1-6(17)14-15-8-9(13(23,25-3)7(18)4-16)26-12(22,10(19)20)5-11(8,21)24-2/h7-9,15-16,18,21-23H,4-5H2,1-3H3,(H,14,17)(H,19,20)/t7?,8-,9+,11+,12?,13?/m0/s1. The maximum Gasteiger partial charge on any atom is 0.364 e. The number of hydrazine groups is 1. The molecule has 1 saturated heterocycles. The Bertz CT molecular complexity index is 534. The van der Waals surface area contributed by atoms with Crippen molar-refractivity contribution in [3.8, 4) is 0 Å². The van der Waals surface area contributed by atoms with Gasteiger partial charge in [-0.1, -0.05) is 0 Å². The number of amides is 1. The van der Waals surface area contributed by atoms with Gasteiger partial charge in [0.15, 0.2) is 5.79 Å². The minimum Gasteiger partial charge on any atom is -0.477 e. The summed E-state index contributed by atoms with van der Waals surface area (Å²) in [5.41, 5.74) is 4.37. The number of hydrogen-bond donors (Lipinski definition) is 8. The Hall–Kier alpha value is -1.42. The van der Waals surface area contributed by atoms with E-state index >= 15 is 0 Å². The number of ether oxygens (including phenoxy) is 3. The molecule has 0 aromatic heterocycles. The van der Waals surface area contributed by atoms with Gasteiger partial charge in [0.1, 0.15) is 18.2 Å². The Morgan fingerprint density at radius 3 is 2.35 bits per heavy atom. The number of methoxy groups -OCH3 is 2. The van der Waals surface area contributed by atoms with Gasteiger partial charge in [-0.2, -0.15) is 0 Å². The fraction of sp³-hybridized carbons (Fsp3) is 0.846. The highest BCUT2D eigenvalue weighted by molar-refractivity contribution is 5.75. The molecule has 0 aromatic carbocycles. The second kappa shape index (κ2) is 8.08. The fourth-order valence-electron chi connectivity index (χ4n) is 2.60. The van der Waals surface area contributed by atoms with Crippen molar-refractivity contribution >= 4 is 11.9 Å². The number of hydrogen-bond acceptors (Lipinski definition) is 11. The van der Waals surface area contributed by atoms with E-state index in [4.69, 9.17) is 19.3 Å². The van der Waals surface area contributed by atoms with Crippen LogP contribution in [0.3, 0.4) is 0 Å². The van der Waals surface area contributed by atoms with E-state index < -0.39 is 60.5 Å². The highest BCUT2D eigenvalue weighted by atomic mass is 16.7. The van der Waals surface area contributed by atoms with Gasteiger partial charge >= 0.3 is 5.97 Å². The summed E-state index contributed by atoms with van der Waals surface area (Å²) in [7, 11) is 1.87. The van der Waals surface area contributed by atoms with Crippen LogP contribution >= 0.6 is 0 Å². The van der Waals surface area contributed by atoms with E-state index in [1.165, 1.54) is 0 Å². The Kier molecular flexibility index (Phi) is 7.03. The van der Waals surface area contributed by atoms with Gasteiger partial charge in [0.05, 0.1) is 13.0 Å². The molecule has 0 aliphatic carbocycles. The third-order valence-electron chi connectivity index (χ3n) is 4.08. The number of aliphatic carboxylic acids is 1. The number of carboxylic acids is 1. The summed E-state index contributed by atoms with van der Waals surface area (Å²) in [6, 6.07) is -1.65. The monoisotopic (exact) mass is 384 g/mol. The van der Waals surface area contributed by atoms with Crippen molar-refractivity contribution in [2.45, 2.75) is 49.0 Å². The van der Waals surface area contributed by atoms with Gasteiger partial charge in [-0.3, -0.25) is 10.2 Å². The van der Waals surface area contributed by atoms with Gasteiger partial charge in [-0.05, 0) is 0 Å². The quantitative estimate of drug-likeness (QED) is 0.147. The van der Waals surface area contributed by atoms with Crippen molar-refractivity contribution in [3.63, 3.8) is 0 Å². The number of aliphatic hydroxyl groups excluding tert-OH is 2. The predicted molar refractivity (Wildman–Crippen MR) is 79.8 cm³/mol. The number of carboxylic acid groups (broad SMARTS) is 1. The van der Waals surface area contributed by atoms with Crippen LogP contribution in [0.15, 0.2) is 0 Å². The van der Waals surface area contributed by atoms with Gasteiger partial charge in [-0.15, -0.1) is 0 Å². The zero-order valence-electron chi connectivity index (χ0n) is 14.4. The number of carbonyl (C=O) groups excluding carboxylic acids is 1. The van der Waals surface area contributed by atoms with E-state index in [1.54, 1.807) is 0 Å². The van der Waals surface area contributed by atoms with E-state index in [2.05, 4.69) is 10.9 Å². The maximum absolute atomic E-state index is 11.4. The SMILES string of the molecule is COC(O)(C(O)CO)[C@@H]1OC(O)(C(=O)O)C[C@@](O)(OC)[C@H]1NNC(C)=O. The van der Waals surface area contributed by atoms with E-state index in [9.17, 15) is 35.1 Å². The van der Waals surface area contributed by atoms with Crippen molar-refractivity contribution in [1.29, 1.82) is 0 Å². The lowest BCUT2D eigenvalue weighted by Gasteiger charge is -2.52. The first-order valence-corrected chi connectivity index (χ1v) is 7.40. The molecular weight excluding hydrogens is 360 g/mol. The lowest BCUT2D eigenvalue weighted by molar-refractivity contribution is -0.403. The molecule has 13 nitrogen and oxygen atoms in total. The first kappa shape index (κ1) is 22.6. The minimum atomic E-state index is -3.05. The Balaban J connectivity index is 3.47. The number of nitrogens with one attached hydrogen (secondary N) is 2. The average molecular weight is 384 g/mol. The van der Waals surface area contributed by atoms with Gasteiger partial charge in [0.2, 0.25) is 11.7 Å². The third kappa shape index (κ3) is 4.11. The number of rotatable bonds is 8. The lowest BCUT2D eigenvalue weighted by atomic mass is 9.84. The first-order chi connectivity index (χ1) is 11.9. The molecule has 3 unspecified atom stereocenters. The molecule has 1 rings (SSSR count). The molecule has 6 atom stereocenters. The first-order valence-electron chi connectivity index (χ1n) is 7.40. The van der Waals surface area contributed by atoms with Crippen LogP contribution in [-0.2, 0) is 23.8 Å². The van der Waals surface area contributed by atoms with E-state index in [0.29, 0.717) is 0 Å². The van der Waals surface area contributed by atoms with Crippen molar-refractivity contribution in [2.24, 2.45) is 0 Å². The predicted octanol–water partition coefficient (Wildman–Crippen LogP) is -4.42. The molecule has 1 amide bonds. The van der Waals surface area contributed by atoms with Crippen molar-refractivity contribution in [1.82, 2.24) is 10.9 Å². The molecule has 8 N–H and O–H groups in total. The summed E-state index contributed by atoms with van der Waals surface area (Å²) in [5, 5.41) is 59.8. The molecule has 0 aromatic rings. The number of aliphatic hydroxyl groups is 5. The van der Waals surface area contributed by atoms with Gasteiger partial charge < -0.3 is 44.8 Å². The molecule has 26 heavy (non-hydrogen) atoms. The van der Waals surface area contributed by atoms with Gasteiger partial charge in [-0.25, -0.2) is 10.2 Å². The molecular formula is C13H24N2O11. The minimum absolute atomic E-state index is 0.634. The zero-order chi connectivity index (χ0) is 20.3. The normalized spacial score (nSPS) is 35.4. The van der Waals surface area contributed by atoms with E-state index in [1.807, 2.05) is 0 Å². The second-order valence-electron chi connectivity index (χ2n) is 5.81.